The zero-order valence-corrected chi connectivity index (χ0v) is 11.9. The van der Waals surface area contributed by atoms with Crippen molar-refractivity contribution >= 4 is 33.2 Å². The molecule has 0 aromatic heterocycles. The van der Waals surface area contributed by atoms with Crippen LogP contribution in [0.4, 0.5) is 11.4 Å². The van der Waals surface area contributed by atoms with Crippen molar-refractivity contribution in [3.63, 3.8) is 0 Å². The summed E-state index contributed by atoms with van der Waals surface area (Å²) in [6.07, 6.45) is 0.323. The van der Waals surface area contributed by atoms with E-state index in [0.717, 1.165) is 5.56 Å². The second-order valence-corrected chi connectivity index (χ2v) is 4.65. The van der Waals surface area contributed by atoms with Crippen molar-refractivity contribution in [2.45, 2.75) is 25.9 Å². The Morgan fingerprint density at radius 1 is 1.61 bits per heavy atom. The summed E-state index contributed by atoms with van der Waals surface area (Å²) in [6, 6.07) is 5.02. The Bertz CT molecular complexity index is 490. The smallest absolute Gasteiger partial charge is 0.257 e. The number of aryl methyl sites for hydroxylation is 1. The van der Waals surface area contributed by atoms with Gasteiger partial charge in [-0.25, -0.2) is 4.85 Å². The highest BCUT2D eigenvalue weighted by atomic mass is 79.9. The molecule has 2 N–H and O–H groups in total. The van der Waals surface area contributed by atoms with Crippen LogP contribution in [-0.2, 0) is 4.79 Å². The number of carbonyl (C=O) groups is 1. The van der Waals surface area contributed by atoms with Crippen LogP contribution in [0.5, 0.6) is 0 Å². The molecule has 0 fully saturated rings. The molecule has 1 aromatic carbocycles. The lowest BCUT2D eigenvalue weighted by Gasteiger charge is -2.23. The molecule has 0 aliphatic heterocycles. The molecular weight excluding hydrogens is 296 g/mol. The number of nitrogens with zero attached hydrogens (tertiary/aromatic N) is 1. The number of hydrogen-bond acceptors (Lipinski definition) is 2. The third-order valence-corrected chi connectivity index (χ3v) is 3.73. The van der Waals surface area contributed by atoms with E-state index in [1.165, 1.54) is 0 Å². The summed E-state index contributed by atoms with van der Waals surface area (Å²) in [6.45, 7) is 10.5. The minimum absolute atomic E-state index is 0.182. The van der Waals surface area contributed by atoms with Crippen LogP contribution >= 0.6 is 15.9 Å². The van der Waals surface area contributed by atoms with E-state index in [4.69, 9.17) is 6.57 Å². The van der Waals surface area contributed by atoms with Crippen LogP contribution < -0.4 is 5.32 Å². The molecule has 1 aromatic rings. The molecule has 0 unspecified atom stereocenters. The number of amides is 1. The van der Waals surface area contributed by atoms with E-state index in [2.05, 4.69) is 26.1 Å². The van der Waals surface area contributed by atoms with Gasteiger partial charge in [0.15, 0.2) is 11.3 Å². The molecule has 1 atom stereocenters. The van der Waals surface area contributed by atoms with Gasteiger partial charge in [-0.1, -0.05) is 28.9 Å². The lowest BCUT2D eigenvalue weighted by atomic mass is 10.0. The molecule has 1 amide bonds. The highest BCUT2D eigenvalue weighted by Crippen LogP contribution is 2.23. The van der Waals surface area contributed by atoms with Crippen molar-refractivity contribution in [3.8, 4) is 0 Å². The standard InChI is InChI=1S/C13H15BrN2O2/c1-4-13(18,8-14)12(17)16-10-5-6-11(15-3)9(2)7-10/h5-7,18H,4,8H2,1-2H3,(H,16,17)/t13-/m0/s1. The van der Waals surface area contributed by atoms with Gasteiger partial charge in [-0.3, -0.25) is 4.79 Å². The van der Waals surface area contributed by atoms with Crippen LogP contribution in [0, 0.1) is 13.5 Å². The predicted molar refractivity (Wildman–Crippen MR) is 75.1 cm³/mol. The zero-order valence-electron chi connectivity index (χ0n) is 10.3. The number of alkyl halides is 1. The molecule has 1 rings (SSSR count). The van der Waals surface area contributed by atoms with Crippen molar-refractivity contribution in [2.75, 3.05) is 10.6 Å². The normalized spacial score (nSPS) is 13.5. The highest BCUT2D eigenvalue weighted by Gasteiger charge is 2.32. The number of carbonyl (C=O) groups excluding carboxylic acids is 1. The summed E-state index contributed by atoms with van der Waals surface area (Å²) in [5.41, 5.74) is 0.519. The molecule has 0 saturated carbocycles. The van der Waals surface area contributed by atoms with Crippen LogP contribution in [0.3, 0.4) is 0 Å². The van der Waals surface area contributed by atoms with Crippen LogP contribution in [0.25, 0.3) is 4.85 Å². The van der Waals surface area contributed by atoms with Crippen LogP contribution in [0.2, 0.25) is 0 Å². The van der Waals surface area contributed by atoms with E-state index in [1.54, 1.807) is 32.0 Å². The fourth-order valence-corrected chi connectivity index (χ4v) is 2.07. The Morgan fingerprint density at radius 3 is 2.72 bits per heavy atom. The Balaban J connectivity index is 2.90. The SMILES string of the molecule is [C-]#[N+]c1ccc(NC(=O)[C@](O)(CC)CBr)cc1C. The summed E-state index contributed by atoms with van der Waals surface area (Å²) in [7, 11) is 0. The number of rotatable bonds is 4. The van der Waals surface area contributed by atoms with Gasteiger partial charge in [0, 0.05) is 11.0 Å². The number of benzene rings is 1. The molecule has 18 heavy (non-hydrogen) atoms. The number of nitrogens with one attached hydrogen (secondary N) is 1. The quantitative estimate of drug-likeness (QED) is 0.663. The zero-order chi connectivity index (χ0) is 13.8. The third-order valence-electron chi connectivity index (χ3n) is 2.80. The summed E-state index contributed by atoms with van der Waals surface area (Å²) in [5, 5.41) is 12.9. The maximum Gasteiger partial charge on any atom is 0.257 e. The van der Waals surface area contributed by atoms with Gasteiger partial charge >= 0.3 is 0 Å². The number of anilines is 1. The summed E-state index contributed by atoms with van der Waals surface area (Å²) >= 11 is 3.13. The van der Waals surface area contributed by atoms with Gasteiger partial charge in [-0.2, -0.15) is 0 Å². The minimum atomic E-state index is -1.41. The molecule has 4 nitrogen and oxygen atoms in total. The van der Waals surface area contributed by atoms with Gasteiger partial charge in [0.1, 0.15) is 0 Å². The summed E-state index contributed by atoms with van der Waals surface area (Å²) in [4.78, 5) is 15.3. The van der Waals surface area contributed by atoms with Gasteiger partial charge in [-0.05, 0) is 31.0 Å². The van der Waals surface area contributed by atoms with E-state index < -0.39 is 11.5 Å². The average Bonchev–Trinajstić information content (AvgIpc) is 2.38. The summed E-state index contributed by atoms with van der Waals surface area (Å²) in [5.74, 6) is -0.447. The van der Waals surface area contributed by atoms with E-state index >= 15 is 0 Å². The third kappa shape index (κ3) is 3.09. The fraction of sp³-hybridized carbons (Fsp3) is 0.385. The average molecular weight is 311 g/mol. The van der Waals surface area contributed by atoms with E-state index in [0.29, 0.717) is 17.8 Å². The predicted octanol–water partition coefficient (Wildman–Crippen LogP) is 3.02. The first kappa shape index (κ1) is 14.7. The van der Waals surface area contributed by atoms with E-state index in [9.17, 15) is 9.90 Å². The number of hydrogen-bond donors (Lipinski definition) is 2. The Labute approximate surface area is 115 Å². The maximum atomic E-state index is 11.9. The second kappa shape index (κ2) is 5.98. The molecule has 5 heteroatoms. The van der Waals surface area contributed by atoms with E-state index in [1.807, 2.05) is 0 Å². The van der Waals surface area contributed by atoms with Crippen LogP contribution in [0.1, 0.15) is 18.9 Å². The molecule has 0 radical (unpaired) electrons. The Morgan fingerprint density at radius 2 is 2.28 bits per heavy atom. The molecular formula is C13H15BrN2O2. The first-order valence-corrected chi connectivity index (χ1v) is 6.67. The van der Waals surface area contributed by atoms with Crippen molar-refractivity contribution < 1.29 is 9.90 Å². The lowest BCUT2D eigenvalue weighted by molar-refractivity contribution is -0.131. The minimum Gasteiger partial charge on any atom is -0.379 e. The molecule has 0 spiro atoms. The first-order chi connectivity index (χ1) is 8.46. The van der Waals surface area contributed by atoms with Crippen LogP contribution in [-0.4, -0.2) is 21.9 Å². The Kier molecular flexibility index (Phi) is 4.88. The van der Waals surface area contributed by atoms with Crippen molar-refractivity contribution in [3.05, 3.63) is 35.2 Å². The molecule has 0 saturated heterocycles. The maximum absolute atomic E-state index is 11.9. The molecule has 96 valence electrons. The first-order valence-electron chi connectivity index (χ1n) is 5.54. The van der Waals surface area contributed by atoms with Crippen molar-refractivity contribution in [1.82, 2.24) is 0 Å². The molecule has 0 heterocycles. The molecule has 0 aliphatic rings. The second-order valence-electron chi connectivity index (χ2n) is 4.09. The molecule has 0 aliphatic carbocycles. The van der Waals surface area contributed by atoms with Gasteiger partial charge < -0.3 is 10.4 Å². The van der Waals surface area contributed by atoms with Crippen molar-refractivity contribution in [2.24, 2.45) is 0 Å². The van der Waals surface area contributed by atoms with Gasteiger partial charge in [0.25, 0.3) is 5.91 Å². The molecule has 0 bridgehead atoms. The van der Waals surface area contributed by atoms with Crippen LogP contribution in [0.15, 0.2) is 18.2 Å². The topological polar surface area (TPSA) is 53.7 Å². The highest BCUT2D eigenvalue weighted by molar-refractivity contribution is 9.09. The van der Waals surface area contributed by atoms with Gasteiger partial charge in [-0.15, -0.1) is 0 Å². The van der Waals surface area contributed by atoms with Gasteiger partial charge in [0.05, 0.1) is 6.57 Å². The fourth-order valence-electron chi connectivity index (χ4n) is 1.42. The Hall–Kier alpha value is -1.38. The lowest BCUT2D eigenvalue weighted by Crippen LogP contribution is -2.43. The summed E-state index contributed by atoms with van der Waals surface area (Å²) < 4.78 is 0. The monoisotopic (exact) mass is 310 g/mol. The van der Waals surface area contributed by atoms with E-state index in [-0.39, 0.29) is 5.33 Å². The largest absolute Gasteiger partial charge is 0.379 e. The van der Waals surface area contributed by atoms with Crippen molar-refractivity contribution in [1.29, 1.82) is 0 Å². The van der Waals surface area contributed by atoms with Gasteiger partial charge in [0.2, 0.25) is 0 Å². The number of aliphatic hydroxyl groups is 1. The number of halogens is 1.